The summed E-state index contributed by atoms with van der Waals surface area (Å²) in [6.07, 6.45) is 1.37. The number of benzene rings is 1. The number of hydrogen-bond acceptors (Lipinski definition) is 3. The van der Waals surface area contributed by atoms with Gasteiger partial charge in [0.15, 0.2) is 0 Å². The second-order valence-corrected chi connectivity index (χ2v) is 5.55. The first-order chi connectivity index (χ1) is 10.1. The van der Waals surface area contributed by atoms with E-state index in [2.05, 4.69) is 20.9 Å². The Balaban J connectivity index is 1.82. The first-order valence-electron chi connectivity index (χ1n) is 6.61. The Morgan fingerprint density at radius 2 is 2.14 bits per heavy atom. The van der Waals surface area contributed by atoms with Crippen molar-refractivity contribution in [2.24, 2.45) is 0 Å². The highest BCUT2D eigenvalue weighted by Gasteiger charge is 2.13. The number of esters is 1. The predicted molar refractivity (Wildman–Crippen MR) is 81.7 cm³/mol. The molecule has 1 aromatic heterocycles. The minimum atomic E-state index is -0.641. The average Bonchev–Trinajstić information content (AvgIpc) is 2.43. The first-order valence-corrected chi connectivity index (χ1v) is 7.40. The van der Waals surface area contributed by atoms with Crippen LogP contribution >= 0.6 is 15.9 Å². The molecule has 1 heterocycles. The zero-order chi connectivity index (χ0) is 15.2. The van der Waals surface area contributed by atoms with Crippen LogP contribution in [-0.2, 0) is 11.2 Å². The Kier molecular flexibility index (Phi) is 5.44. The molecule has 0 aliphatic heterocycles. The van der Waals surface area contributed by atoms with Crippen molar-refractivity contribution in [3.63, 3.8) is 0 Å². The van der Waals surface area contributed by atoms with Gasteiger partial charge in [0, 0.05) is 15.9 Å². The average molecular weight is 352 g/mol. The molecule has 0 spiro atoms. The highest BCUT2D eigenvalue weighted by molar-refractivity contribution is 9.10. The molecule has 0 atom stereocenters. The van der Waals surface area contributed by atoms with Crippen LogP contribution in [0.5, 0.6) is 0 Å². The van der Waals surface area contributed by atoms with Crippen LogP contribution in [0.4, 0.5) is 4.39 Å². The van der Waals surface area contributed by atoms with E-state index in [-0.39, 0.29) is 12.2 Å². The van der Waals surface area contributed by atoms with E-state index in [1.54, 1.807) is 6.07 Å². The van der Waals surface area contributed by atoms with Gasteiger partial charge in [-0.1, -0.05) is 22.0 Å². The molecule has 3 nitrogen and oxygen atoms in total. The maximum absolute atomic E-state index is 13.6. The van der Waals surface area contributed by atoms with Crippen LogP contribution in [0.25, 0.3) is 0 Å². The molecule has 0 saturated carbocycles. The van der Waals surface area contributed by atoms with Crippen molar-refractivity contribution in [2.45, 2.75) is 19.8 Å². The van der Waals surface area contributed by atoms with Crippen molar-refractivity contribution in [3.8, 4) is 0 Å². The van der Waals surface area contributed by atoms with Crippen molar-refractivity contribution in [1.82, 2.24) is 4.98 Å². The SMILES string of the molecule is Cc1cccc(CCCOC(=O)c2ccc(Br)cc2F)n1. The van der Waals surface area contributed by atoms with Crippen LogP contribution in [0.1, 0.15) is 28.2 Å². The van der Waals surface area contributed by atoms with E-state index in [0.29, 0.717) is 10.9 Å². The molecule has 21 heavy (non-hydrogen) atoms. The zero-order valence-electron chi connectivity index (χ0n) is 11.6. The number of carbonyl (C=O) groups is 1. The van der Waals surface area contributed by atoms with Crippen molar-refractivity contribution >= 4 is 21.9 Å². The number of nitrogens with zero attached hydrogens (tertiary/aromatic N) is 1. The molecule has 1 aromatic carbocycles. The van der Waals surface area contributed by atoms with Gasteiger partial charge >= 0.3 is 5.97 Å². The molecule has 0 fully saturated rings. The van der Waals surface area contributed by atoms with E-state index in [9.17, 15) is 9.18 Å². The Hall–Kier alpha value is -1.75. The summed E-state index contributed by atoms with van der Waals surface area (Å²) in [6, 6.07) is 10.1. The maximum atomic E-state index is 13.6. The molecule has 0 saturated heterocycles. The Morgan fingerprint density at radius 3 is 2.86 bits per heavy atom. The predicted octanol–water partition coefficient (Wildman–Crippen LogP) is 4.08. The number of aromatic nitrogens is 1. The number of hydrogen-bond donors (Lipinski definition) is 0. The fraction of sp³-hybridized carbons (Fsp3) is 0.250. The summed E-state index contributed by atoms with van der Waals surface area (Å²) in [4.78, 5) is 16.1. The van der Waals surface area contributed by atoms with Gasteiger partial charge in [0.05, 0.1) is 12.2 Å². The van der Waals surface area contributed by atoms with Crippen molar-refractivity contribution in [3.05, 3.63) is 63.6 Å². The van der Waals surface area contributed by atoms with Crippen LogP contribution < -0.4 is 0 Å². The molecular weight excluding hydrogens is 337 g/mol. The number of rotatable bonds is 5. The number of halogens is 2. The van der Waals surface area contributed by atoms with Crippen molar-refractivity contribution in [2.75, 3.05) is 6.61 Å². The van der Waals surface area contributed by atoms with E-state index in [1.165, 1.54) is 12.1 Å². The molecule has 0 radical (unpaired) electrons. The largest absolute Gasteiger partial charge is 0.462 e. The number of carbonyl (C=O) groups excluding carboxylic acids is 1. The van der Waals surface area contributed by atoms with Crippen molar-refractivity contribution in [1.29, 1.82) is 0 Å². The smallest absolute Gasteiger partial charge is 0.341 e. The summed E-state index contributed by atoms with van der Waals surface area (Å²) >= 11 is 3.14. The number of pyridine rings is 1. The third-order valence-electron chi connectivity index (χ3n) is 2.91. The zero-order valence-corrected chi connectivity index (χ0v) is 13.2. The molecular formula is C16H15BrFNO2. The monoisotopic (exact) mass is 351 g/mol. The minimum absolute atomic E-state index is 0.0492. The summed E-state index contributed by atoms with van der Waals surface area (Å²) < 4.78 is 19.2. The van der Waals surface area contributed by atoms with Gasteiger partial charge < -0.3 is 4.74 Å². The van der Waals surface area contributed by atoms with Crippen LogP contribution in [-0.4, -0.2) is 17.6 Å². The van der Waals surface area contributed by atoms with Gasteiger partial charge in [0.2, 0.25) is 0 Å². The number of ether oxygens (including phenoxy) is 1. The van der Waals surface area contributed by atoms with Gasteiger partial charge in [0.1, 0.15) is 5.82 Å². The number of aryl methyl sites for hydroxylation is 2. The molecule has 0 aliphatic carbocycles. The van der Waals surface area contributed by atoms with E-state index in [0.717, 1.165) is 17.8 Å². The quantitative estimate of drug-likeness (QED) is 0.601. The summed E-state index contributed by atoms with van der Waals surface area (Å²) in [7, 11) is 0. The van der Waals surface area contributed by atoms with Gasteiger partial charge in [-0.15, -0.1) is 0 Å². The lowest BCUT2D eigenvalue weighted by Gasteiger charge is -2.06. The van der Waals surface area contributed by atoms with Gasteiger partial charge in [-0.25, -0.2) is 9.18 Å². The molecule has 2 rings (SSSR count). The van der Waals surface area contributed by atoms with Gasteiger partial charge in [-0.2, -0.15) is 0 Å². The summed E-state index contributed by atoms with van der Waals surface area (Å²) in [6.45, 7) is 2.17. The summed E-state index contributed by atoms with van der Waals surface area (Å²) in [5.41, 5.74) is 1.87. The fourth-order valence-electron chi connectivity index (χ4n) is 1.89. The molecule has 0 amide bonds. The maximum Gasteiger partial charge on any atom is 0.341 e. The summed E-state index contributed by atoms with van der Waals surface area (Å²) in [5, 5.41) is 0. The lowest BCUT2D eigenvalue weighted by atomic mass is 10.2. The topological polar surface area (TPSA) is 39.2 Å². The molecule has 110 valence electrons. The lowest BCUT2D eigenvalue weighted by molar-refractivity contribution is 0.0495. The summed E-state index contributed by atoms with van der Waals surface area (Å²) in [5.74, 6) is -1.23. The molecule has 0 bridgehead atoms. The van der Waals surface area contributed by atoms with Gasteiger partial charge in [-0.05, 0) is 50.1 Å². The highest BCUT2D eigenvalue weighted by Crippen LogP contribution is 2.16. The Morgan fingerprint density at radius 1 is 1.33 bits per heavy atom. The second-order valence-electron chi connectivity index (χ2n) is 4.63. The molecule has 0 aliphatic rings. The molecule has 0 N–H and O–H groups in total. The van der Waals surface area contributed by atoms with E-state index < -0.39 is 11.8 Å². The third-order valence-corrected chi connectivity index (χ3v) is 3.40. The van der Waals surface area contributed by atoms with Crippen LogP contribution in [0.2, 0.25) is 0 Å². The van der Waals surface area contributed by atoms with E-state index >= 15 is 0 Å². The molecule has 5 heteroatoms. The Labute approximate surface area is 131 Å². The fourth-order valence-corrected chi connectivity index (χ4v) is 2.22. The lowest BCUT2D eigenvalue weighted by Crippen LogP contribution is -2.09. The minimum Gasteiger partial charge on any atom is -0.462 e. The second kappa shape index (κ2) is 7.31. The van der Waals surface area contributed by atoms with Gasteiger partial charge in [0.25, 0.3) is 0 Å². The van der Waals surface area contributed by atoms with Crippen LogP contribution in [0.15, 0.2) is 40.9 Å². The van der Waals surface area contributed by atoms with Crippen LogP contribution in [0, 0.1) is 12.7 Å². The third kappa shape index (κ3) is 4.63. The normalized spacial score (nSPS) is 10.4. The first kappa shape index (κ1) is 15.6. The van der Waals surface area contributed by atoms with Crippen LogP contribution in [0.3, 0.4) is 0 Å². The highest BCUT2D eigenvalue weighted by atomic mass is 79.9. The standard InChI is InChI=1S/C16H15BrFNO2/c1-11-4-2-5-13(19-11)6-3-9-21-16(20)14-8-7-12(17)10-15(14)18/h2,4-5,7-8,10H,3,6,9H2,1H3. The Bertz CT molecular complexity index is 646. The van der Waals surface area contributed by atoms with Gasteiger partial charge in [-0.3, -0.25) is 4.98 Å². The van der Waals surface area contributed by atoms with Crippen molar-refractivity contribution < 1.29 is 13.9 Å². The van der Waals surface area contributed by atoms with E-state index in [1.807, 2.05) is 25.1 Å². The molecule has 0 unspecified atom stereocenters. The molecule has 2 aromatic rings. The van der Waals surface area contributed by atoms with E-state index in [4.69, 9.17) is 4.74 Å².